The first-order valence-corrected chi connectivity index (χ1v) is 11.0. The molecular weight excluding hydrogens is 400 g/mol. The lowest BCUT2D eigenvalue weighted by molar-refractivity contribution is 0.337. The molecule has 0 saturated carbocycles. The molecule has 154 valence electrons. The van der Waals surface area contributed by atoms with Crippen molar-refractivity contribution in [3.05, 3.63) is 72.2 Å². The largest absolute Gasteiger partial charge is 0.494 e. The molecule has 0 fully saturated rings. The number of aromatic nitrogens is 3. The minimum absolute atomic E-state index is 0.182. The molecular formula is C22H22N4O3S. The molecule has 0 saturated heterocycles. The van der Waals surface area contributed by atoms with Gasteiger partial charge in [-0.1, -0.05) is 12.1 Å². The Balaban J connectivity index is 1.65. The number of nitrogens with one attached hydrogen (secondary N) is 1. The van der Waals surface area contributed by atoms with Crippen LogP contribution in [0.25, 0.3) is 17.0 Å². The molecule has 0 unspecified atom stereocenters. The second kappa shape index (κ2) is 7.79. The van der Waals surface area contributed by atoms with E-state index in [1.54, 1.807) is 42.6 Å². The molecule has 0 aliphatic heterocycles. The van der Waals surface area contributed by atoms with E-state index in [0.717, 1.165) is 22.5 Å². The van der Waals surface area contributed by atoms with Gasteiger partial charge in [0.15, 0.2) is 0 Å². The molecule has 0 bridgehead atoms. The van der Waals surface area contributed by atoms with E-state index in [4.69, 9.17) is 4.74 Å². The Kier molecular flexibility index (Phi) is 5.17. The summed E-state index contributed by atoms with van der Waals surface area (Å²) in [6.07, 6.45) is 3.59. The van der Waals surface area contributed by atoms with Crippen LogP contribution >= 0.6 is 0 Å². The summed E-state index contributed by atoms with van der Waals surface area (Å²) in [5.74, 6) is 1.27. The predicted octanol–water partition coefficient (Wildman–Crippen LogP) is 4.21. The molecule has 0 aliphatic rings. The maximum Gasteiger partial charge on any atom is 0.261 e. The van der Waals surface area contributed by atoms with Gasteiger partial charge in [0.2, 0.25) is 5.78 Å². The van der Waals surface area contributed by atoms with Gasteiger partial charge in [0.1, 0.15) is 5.75 Å². The van der Waals surface area contributed by atoms with Gasteiger partial charge in [0, 0.05) is 29.3 Å². The highest BCUT2D eigenvalue weighted by Gasteiger charge is 2.17. The van der Waals surface area contributed by atoms with Crippen LogP contribution in [0.1, 0.15) is 18.2 Å². The first-order chi connectivity index (χ1) is 14.4. The van der Waals surface area contributed by atoms with E-state index >= 15 is 0 Å². The third-order valence-electron chi connectivity index (χ3n) is 4.79. The number of hydrogen-bond acceptors (Lipinski definition) is 5. The maximum absolute atomic E-state index is 12.9. The van der Waals surface area contributed by atoms with Gasteiger partial charge in [-0.3, -0.25) is 9.12 Å². The number of ether oxygens (including phenoxy) is 1. The Morgan fingerprint density at radius 3 is 2.67 bits per heavy atom. The fraction of sp³-hybridized carbons (Fsp3) is 0.182. The quantitative estimate of drug-likeness (QED) is 0.503. The van der Waals surface area contributed by atoms with Crippen molar-refractivity contribution in [1.29, 1.82) is 0 Å². The van der Waals surface area contributed by atoms with E-state index in [1.165, 1.54) is 0 Å². The Labute approximate surface area is 175 Å². The Morgan fingerprint density at radius 2 is 1.93 bits per heavy atom. The minimum Gasteiger partial charge on any atom is -0.494 e. The molecule has 2 aromatic heterocycles. The van der Waals surface area contributed by atoms with Crippen molar-refractivity contribution in [3.63, 3.8) is 0 Å². The van der Waals surface area contributed by atoms with Crippen molar-refractivity contribution in [3.8, 4) is 17.0 Å². The van der Waals surface area contributed by atoms with Crippen molar-refractivity contribution in [2.75, 3.05) is 11.3 Å². The number of rotatable bonds is 6. The molecule has 0 amide bonds. The lowest BCUT2D eigenvalue weighted by Gasteiger charge is -2.12. The van der Waals surface area contributed by atoms with Gasteiger partial charge in [0.05, 0.1) is 17.2 Å². The van der Waals surface area contributed by atoms with Crippen molar-refractivity contribution >= 4 is 21.5 Å². The topological polar surface area (TPSA) is 85.6 Å². The van der Waals surface area contributed by atoms with Crippen LogP contribution in [0.4, 0.5) is 5.69 Å². The summed E-state index contributed by atoms with van der Waals surface area (Å²) in [7, 11) is -3.74. The zero-order chi connectivity index (χ0) is 21.3. The Bertz CT molecular complexity index is 1330. The van der Waals surface area contributed by atoms with Crippen LogP contribution in [0.15, 0.2) is 65.8 Å². The predicted molar refractivity (Wildman–Crippen MR) is 116 cm³/mol. The zero-order valence-electron chi connectivity index (χ0n) is 17.0. The van der Waals surface area contributed by atoms with Crippen molar-refractivity contribution in [2.45, 2.75) is 25.7 Å². The standard InChI is InChI=1S/C22H22N4O3S/c1-4-29-20-10-9-19(13-15(20)2)30(27,28)25-18-8-5-7-17(14-18)21-16(3)26-12-6-11-23-22(26)24-21/h5-14,25H,4H2,1-3H3. The van der Waals surface area contributed by atoms with Crippen LogP contribution in [-0.2, 0) is 10.0 Å². The number of nitrogens with zero attached hydrogens (tertiary/aromatic N) is 3. The van der Waals surface area contributed by atoms with Gasteiger partial charge in [0.25, 0.3) is 10.0 Å². The average molecular weight is 423 g/mol. The lowest BCUT2D eigenvalue weighted by Crippen LogP contribution is -2.13. The molecule has 8 heteroatoms. The number of hydrogen-bond donors (Lipinski definition) is 1. The van der Waals surface area contributed by atoms with E-state index in [0.29, 0.717) is 23.8 Å². The second-order valence-electron chi connectivity index (χ2n) is 6.88. The van der Waals surface area contributed by atoms with E-state index in [9.17, 15) is 8.42 Å². The van der Waals surface area contributed by atoms with Gasteiger partial charge in [-0.15, -0.1) is 0 Å². The first kappa shape index (κ1) is 19.9. The van der Waals surface area contributed by atoms with Gasteiger partial charge >= 0.3 is 0 Å². The number of aryl methyl sites for hydroxylation is 2. The van der Waals surface area contributed by atoms with Gasteiger partial charge in [-0.05, 0) is 62.7 Å². The van der Waals surface area contributed by atoms with Crippen LogP contribution < -0.4 is 9.46 Å². The van der Waals surface area contributed by atoms with Crippen LogP contribution in [0.5, 0.6) is 5.75 Å². The van der Waals surface area contributed by atoms with Gasteiger partial charge < -0.3 is 4.74 Å². The Hall–Kier alpha value is -3.39. The molecule has 4 rings (SSSR count). The number of imidazole rings is 1. The van der Waals surface area contributed by atoms with E-state index in [-0.39, 0.29) is 4.90 Å². The Morgan fingerprint density at radius 1 is 1.10 bits per heavy atom. The molecule has 0 radical (unpaired) electrons. The SMILES string of the molecule is CCOc1ccc(S(=O)(=O)Nc2cccc(-c3nc4ncccn4c3C)c2)cc1C. The van der Waals surface area contributed by atoms with Crippen LogP contribution in [0, 0.1) is 13.8 Å². The normalized spacial score (nSPS) is 11.6. The summed E-state index contributed by atoms with van der Waals surface area (Å²) in [5.41, 5.74) is 3.72. The summed E-state index contributed by atoms with van der Waals surface area (Å²) in [6.45, 7) is 6.19. The lowest BCUT2D eigenvalue weighted by atomic mass is 10.1. The van der Waals surface area contributed by atoms with Crippen LogP contribution in [-0.4, -0.2) is 29.4 Å². The smallest absolute Gasteiger partial charge is 0.261 e. The maximum atomic E-state index is 12.9. The summed E-state index contributed by atoms with van der Waals surface area (Å²) < 4.78 is 35.8. The average Bonchev–Trinajstić information content (AvgIpc) is 3.06. The van der Waals surface area contributed by atoms with E-state index in [2.05, 4.69) is 14.7 Å². The number of anilines is 1. The summed E-state index contributed by atoms with van der Waals surface area (Å²) in [5, 5.41) is 0. The number of sulfonamides is 1. The third-order valence-corrected chi connectivity index (χ3v) is 6.17. The number of benzene rings is 2. The molecule has 2 heterocycles. The zero-order valence-corrected chi connectivity index (χ0v) is 17.8. The van der Waals surface area contributed by atoms with Crippen molar-refractivity contribution < 1.29 is 13.2 Å². The van der Waals surface area contributed by atoms with Crippen molar-refractivity contribution in [1.82, 2.24) is 14.4 Å². The third kappa shape index (κ3) is 3.73. The molecule has 0 spiro atoms. The first-order valence-electron chi connectivity index (χ1n) is 9.55. The van der Waals surface area contributed by atoms with Gasteiger partial charge in [-0.25, -0.2) is 18.4 Å². The molecule has 30 heavy (non-hydrogen) atoms. The fourth-order valence-electron chi connectivity index (χ4n) is 3.33. The van der Waals surface area contributed by atoms with Crippen LogP contribution in [0.3, 0.4) is 0 Å². The second-order valence-corrected chi connectivity index (χ2v) is 8.56. The molecule has 4 aromatic rings. The van der Waals surface area contributed by atoms with E-state index < -0.39 is 10.0 Å². The van der Waals surface area contributed by atoms with Crippen LogP contribution in [0.2, 0.25) is 0 Å². The summed E-state index contributed by atoms with van der Waals surface area (Å²) in [4.78, 5) is 9.03. The monoisotopic (exact) mass is 422 g/mol. The molecule has 2 aromatic carbocycles. The molecule has 0 aliphatic carbocycles. The fourth-order valence-corrected chi connectivity index (χ4v) is 4.46. The molecule has 0 atom stereocenters. The molecule has 7 nitrogen and oxygen atoms in total. The van der Waals surface area contributed by atoms with Crippen molar-refractivity contribution in [2.24, 2.45) is 0 Å². The highest BCUT2D eigenvalue weighted by atomic mass is 32.2. The highest BCUT2D eigenvalue weighted by molar-refractivity contribution is 7.92. The number of fused-ring (bicyclic) bond motifs is 1. The highest BCUT2D eigenvalue weighted by Crippen LogP contribution is 2.28. The molecule has 1 N–H and O–H groups in total. The summed E-state index contributed by atoms with van der Waals surface area (Å²) >= 11 is 0. The van der Waals surface area contributed by atoms with Gasteiger partial charge in [-0.2, -0.15) is 0 Å². The minimum atomic E-state index is -3.74. The summed E-state index contributed by atoms with van der Waals surface area (Å²) in [6, 6.07) is 13.9. The van der Waals surface area contributed by atoms with E-state index in [1.807, 2.05) is 43.5 Å².